The van der Waals surface area contributed by atoms with Crippen LogP contribution in [0.3, 0.4) is 0 Å². The molecule has 0 aromatic carbocycles. The average Bonchev–Trinajstić information content (AvgIpc) is 1.84. The summed E-state index contributed by atoms with van der Waals surface area (Å²) in [7, 11) is -1.74. The molecule has 0 aromatic rings. The van der Waals surface area contributed by atoms with Crippen LogP contribution in [-0.4, -0.2) is 40.5 Å². The van der Waals surface area contributed by atoms with E-state index in [0.717, 1.165) is 0 Å². The highest BCUT2D eigenvalue weighted by atomic mass is 32.2. The van der Waals surface area contributed by atoms with Gasteiger partial charge in [0, 0.05) is 19.7 Å². The molecule has 0 bridgehead atoms. The third-order valence-electron chi connectivity index (χ3n) is 1.30. The predicted molar refractivity (Wildman–Crippen MR) is 47.3 cm³/mol. The number of nitrogens with one attached hydrogen (secondary N) is 1. The van der Waals surface area contributed by atoms with Gasteiger partial charge in [0.25, 0.3) is 0 Å². The highest BCUT2D eigenvalue weighted by molar-refractivity contribution is 7.89. The van der Waals surface area contributed by atoms with Crippen LogP contribution in [0.15, 0.2) is 0 Å². The van der Waals surface area contributed by atoms with Gasteiger partial charge in [0.2, 0.25) is 10.0 Å². The first-order chi connectivity index (χ1) is 5.45. The summed E-state index contributed by atoms with van der Waals surface area (Å²) in [5.74, 6) is -0.0406. The van der Waals surface area contributed by atoms with E-state index in [2.05, 4.69) is 5.32 Å². The van der Waals surface area contributed by atoms with Gasteiger partial charge in [0.15, 0.2) is 0 Å². The summed E-state index contributed by atoms with van der Waals surface area (Å²) >= 11 is 0. The van der Waals surface area contributed by atoms with Gasteiger partial charge in [-0.25, -0.2) is 13.6 Å². The first kappa shape index (κ1) is 11.8. The molecule has 5 nitrogen and oxygen atoms in total. The van der Waals surface area contributed by atoms with Crippen LogP contribution >= 0.6 is 0 Å². The SMILES string of the molecule is COCC(C)NCCS(N)(=O)=O. The lowest BCUT2D eigenvalue weighted by Gasteiger charge is -2.11. The number of nitrogens with two attached hydrogens (primary N) is 1. The Labute approximate surface area is 73.3 Å². The minimum absolute atomic E-state index is 0.0406. The molecule has 1 unspecified atom stereocenters. The molecule has 74 valence electrons. The van der Waals surface area contributed by atoms with Gasteiger partial charge in [0.1, 0.15) is 0 Å². The fraction of sp³-hybridized carbons (Fsp3) is 1.00. The third-order valence-corrected chi connectivity index (χ3v) is 2.07. The van der Waals surface area contributed by atoms with E-state index in [-0.39, 0.29) is 11.8 Å². The zero-order chi connectivity index (χ0) is 9.61. The van der Waals surface area contributed by atoms with Gasteiger partial charge in [-0.15, -0.1) is 0 Å². The van der Waals surface area contributed by atoms with E-state index in [1.807, 2.05) is 6.92 Å². The Bertz CT molecular complexity index is 203. The van der Waals surface area contributed by atoms with E-state index in [1.165, 1.54) is 0 Å². The molecule has 0 radical (unpaired) electrons. The maximum absolute atomic E-state index is 10.5. The van der Waals surface area contributed by atoms with Crippen LogP contribution in [0.4, 0.5) is 0 Å². The maximum Gasteiger partial charge on any atom is 0.210 e. The maximum atomic E-state index is 10.5. The van der Waals surface area contributed by atoms with Crippen molar-refractivity contribution in [3.63, 3.8) is 0 Å². The van der Waals surface area contributed by atoms with Crippen molar-refractivity contribution in [1.82, 2.24) is 5.32 Å². The molecule has 0 spiro atoms. The molecule has 0 aliphatic heterocycles. The fourth-order valence-electron chi connectivity index (χ4n) is 0.757. The Kier molecular flexibility index (Phi) is 5.39. The Hall–Kier alpha value is -0.170. The molecule has 0 saturated heterocycles. The Morgan fingerprint density at radius 2 is 2.17 bits per heavy atom. The monoisotopic (exact) mass is 196 g/mol. The molecule has 0 aliphatic carbocycles. The summed E-state index contributed by atoms with van der Waals surface area (Å²) in [4.78, 5) is 0. The summed E-state index contributed by atoms with van der Waals surface area (Å²) in [6.45, 7) is 2.83. The van der Waals surface area contributed by atoms with Gasteiger partial charge >= 0.3 is 0 Å². The van der Waals surface area contributed by atoms with Gasteiger partial charge in [-0.1, -0.05) is 0 Å². The van der Waals surface area contributed by atoms with Crippen LogP contribution < -0.4 is 10.5 Å². The summed E-state index contributed by atoms with van der Waals surface area (Å²) in [6.07, 6.45) is 0. The quantitative estimate of drug-likeness (QED) is 0.565. The van der Waals surface area contributed by atoms with Gasteiger partial charge < -0.3 is 10.1 Å². The lowest BCUT2D eigenvalue weighted by atomic mass is 10.4. The van der Waals surface area contributed by atoms with E-state index in [0.29, 0.717) is 13.2 Å². The van der Waals surface area contributed by atoms with Crippen molar-refractivity contribution in [1.29, 1.82) is 0 Å². The van der Waals surface area contributed by atoms with Crippen LogP contribution in [0.5, 0.6) is 0 Å². The largest absolute Gasteiger partial charge is 0.383 e. The molecule has 6 heteroatoms. The van der Waals surface area contributed by atoms with Gasteiger partial charge in [-0.05, 0) is 6.92 Å². The van der Waals surface area contributed by atoms with E-state index >= 15 is 0 Å². The van der Waals surface area contributed by atoms with E-state index in [9.17, 15) is 8.42 Å². The highest BCUT2D eigenvalue weighted by Crippen LogP contribution is 1.82. The topological polar surface area (TPSA) is 81.4 Å². The first-order valence-corrected chi connectivity index (χ1v) is 5.40. The van der Waals surface area contributed by atoms with E-state index < -0.39 is 10.0 Å². The fourth-order valence-corrected chi connectivity index (χ4v) is 1.16. The summed E-state index contributed by atoms with van der Waals surface area (Å²) in [5.41, 5.74) is 0. The summed E-state index contributed by atoms with van der Waals surface area (Å²) in [6, 6.07) is 0.150. The Balaban J connectivity index is 3.44. The van der Waals surface area contributed by atoms with Gasteiger partial charge in [0.05, 0.1) is 12.4 Å². The zero-order valence-electron chi connectivity index (χ0n) is 7.41. The number of primary sulfonamides is 1. The molecule has 0 rings (SSSR count). The second-order valence-corrected chi connectivity index (χ2v) is 4.41. The van der Waals surface area contributed by atoms with Crippen molar-refractivity contribution >= 4 is 10.0 Å². The first-order valence-electron chi connectivity index (χ1n) is 3.68. The Morgan fingerprint density at radius 3 is 2.58 bits per heavy atom. The van der Waals surface area contributed by atoms with Crippen LogP contribution in [0.1, 0.15) is 6.92 Å². The molecule has 12 heavy (non-hydrogen) atoms. The molecular weight excluding hydrogens is 180 g/mol. The number of rotatable bonds is 6. The van der Waals surface area contributed by atoms with Crippen LogP contribution in [0.25, 0.3) is 0 Å². The van der Waals surface area contributed by atoms with Crippen LogP contribution in [0.2, 0.25) is 0 Å². The lowest BCUT2D eigenvalue weighted by molar-refractivity contribution is 0.173. The second-order valence-electron chi connectivity index (χ2n) is 2.68. The smallest absolute Gasteiger partial charge is 0.210 e. The van der Waals surface area contributed by atoms with Gasteiger partial charge in [-0.2, -0.15) is 0 Å². The molecule has 0 amide bonds. The standard InChI is InChI=1S/C6H16N2O3S/c1-6(5-11-2)8-3-4-12(7,9)10/h6,8H,3-5H2,1-2H3,(H2,7,9,10). The zero-order valence-corrected chi connectivity index (χ0v) is 8.23. The third kappa shape index (κ3) is 7.93. The van der Waals surface area contributed by atoms with Crippen molar-refractivity contribution in [2.24, 2.45) is 5.14 Å². The summed E-state index contributed by atoms with van der Waals surface area (Å²) < 4.78 is 25.8. The molecular formula is C6H16N2O3S. The van der Waals surface area contributed by atoms with Crippen molar-refractivity contribution in [3.05, 3.63) is 0 Å². The highest BCUT2D eigenvalue weighted by Gasteiger charge is 2.04. The average molecular weight is 196 g/mol. The number of ether oxygens (including phenoxy) is 1. The number of methoxy groups -OCH3 is 1. The van der Waals surface area contributed by atoms with Crippen LogP contribution in [0, 0.1) is 0 Å². The Morgan fingerprint density at radius 1 is 1.58 bits per heavy atom. The number of hydrogen-bond acceptors (Lipinski definition) is 4. The summed E-state index contributed by atoms with van der Waals surface area (Å²) in [5, 5.41) is 7.75. The minimum Gasteiger partial charge on any atom is -0.383 e. The predicted octanol–water partition coefficient (Wildman–Crippen LogP) is -1.10. The van der Waals surface area contributed by atoms with Crippen molar-refractivity contribution in [2.45, 2.75) is 13.0 Å². The normalized spacial score (nSPS) is 14.6. The lowest BCUT2D eigenvalue weighted by Crippen LogP contribution is -2.35. The molecule has 1 atom stereocenters. The van der Waals surface area contributed by atoms with Crippen molar-refractivity contribution < 1.29 is 13.2 Å². The molecule has 0 aromatic heterocycles. The molecule has 0 saturated carbocycles. The van der Waals surface area contributed by atoms with Gasteiger partial charge in [-0.3, -0.25) is 0 Å². The van der Waals surface area contributed by atoms with Crippen molar-refractivity contribution in [3.8, 4) is 0 Å². The molecule has 0 aliphatic rings. The minimum atomic E-state index is -3.34. The number of hydrogen-bond donors (Lipinski definition) is 2. The van der Waals surface area contributed by atoms with Crippen molar-refractivity contribution in [2.75, 3.05) is 26.0 Å². The molecule has 0 heterocycles. The van der Waals surface area contributed by atoms with E-state index in [4.69, 9.17) is 9.88 Å². The number of sulfonamides is 1. The molecule has 0 fully saturated rings. The second kappa shape index (κ2) is 5.47. The molecule has 3 N–H and O–H groups in total. The van der Waals surface area contributed by atoms with Crippen LogP contribution in [-0.2, 0) is 14.8 Å². The van der Waals surface area contributed by atoms with E-state index in [1.54, 1.807) is 7.11 Å².